The highest BCUT2D eigenvalue weighted by Crippen LogP contribution is 2.41. The Labute approximate surface area is 360 Å². The van der Waals surface area contributed by atoms with Crippen molar-refractivity contribution in [3.05, 3.63) is 59.3 Å². The Kier molecular flexibility index (Phi) is 12.6. The number of hydrogen-bond acceptors (Lipinski definition) is 12. The lowest BCUT2D eigenvalue weighted by Crippen LogP contribution is -2.56. The number of carbonyl (C=O) groups excluding carboxylic acids is 4. The molecule has 0 bridgehead atoms. The molecule has 3 aromatic rings. The van der Waals surface area contributed by atoms with Gasteiger partial charge < -0.3 is 40.1 Å². The monoisotopic (exact) mass is 857 g/mol. The van der Waals surface area contributed by atoms with Gasteiger partial charge in [0.25, 0.3) is 5.91 Å². The number of anilines is 5. The first-order valence-electron chi connectivity index (χ1n) is 22.0. The smallest absolute Gasteiger partial charge is 0.251 e. The number of imide groups is 1. The molecule has 17 heteroatoms. The average molecular weight is 858 g/mol. The number of carbonyl (C=O) groups is 4. The first-order chi connectivity index (χ1) is 29.9. The fourth-order valence-corrected chi connectivity index (χ4v) is 10.3. The molecule has 5 heterocycles. The van der Waals surface area contributed by atoms with Crippen molar-refractivity contribution in [2.24, 2.45) is 5.92 Å². The number of halogens is 2. The predicted molar refractivity (Wildman–Crippen MR) is 230 cm³/mol. The van der Waals surface area contributed by atoms with Gasteiger partial charge in [0, 0.05) is 81.2 Å². The van der Waals surface area contributed by atoms with Gasteiger partial charge in [0.05, 0.1) is 24.9 Å². The fourth-order valence-electron chi connectivity index (χ4n) is 10.3. The Bertz CT molecular complexity index is 2170. The van der Waals surface area contributed by atoms with Crippen molar-refractivity contribution in [2.75, 3.05) is 73.5 Å². The standard InChI is InChI=1S/C45H57F2N9O6/c1-4-35-43(61)53(2)36-24-48-44(51-40(36)56(35)29-7-5-6-8-29)49-34-11-9-28(21-37(34)62-3)41(59)52-45(16-20-57)14-18-54(19-15-45)25-27-13-17-55(26-27)30-22-32(46)39(33(47)23-30)31-10-12-38(58)50-42(31)60/h9,11,21-24,27,29,31,35,57H,4-8,10,12-20,25-26H2,1-3H3,(H,52,59)(H,48,49,51)(H,50,58,60)/t27-,31?,35+/m0/s1. The van der Waals surface area contributed by atoms with Gasteiger partial charge in [-0.05, 0) is 87.6 Å². The zero-order valence-electron chi connectivity index (χ0n) is 35.7. The first kappa shape index (κ1) is 43.2. The van der Waals surface area contributed by atoms with E-state index in [1.54, 1.807) is 36.3 Å². The number of piperidine rings is 2. The van der Waals surface area contributed by atoms with E-state index in [-0.39, 0.29) is 54.8 Å². The minimum atomic E-state index is -1.04. The van der Waals surface area contributed by atoms with Crippen LogP contribution >= 0.6 is 0 Å². The molecule has 8 rings (SSSR count). The number of aromatic nitrogens is 2. The van der Waals surface area contributed by atoms with Crippen molar-refractivity contribution >= 4 is 52.5 Å². The summed E-state index contributed by atoms with van der Waals surface area (Å²) in [5, 5.41) is 18.8. The van der Waals surface area contributed by atoms with Crippen LogP contribution in [0.15, 0.2) is 36.5 Å². The fraction of sp³-hybridized carbons (Fsp3) is 0.556. The summed E-state index contributed by atoms with van der Waals surface area (Å²) >= 11 is 0. The molecule has 2 aromatic carbocycles. The van der Waals surface area contributed by atoms with Crippen LogP contribution in [0.4, 0.5) is 37.6 Å². The zero-order valence-corrected chi connectivity index (χ0v) is 35.7. The van der Waals surface area contributed by atoms with Crippen LogP contribution in [-0.4, -0.2) is 115 Å². The lowest BCUT2D eigenvalue weighted by Gasteiger charge is -2.43. The van der Waals surface area contributed by atoms with Crippen molar-refractivity contribution in [1.82, 2.24) is 25.5 Å². The largest absolute Gasteiger partial charge is 0.495 e. The first-order valence-corrected chi connectivity index (χ1v) is 22.0. The summed E-state index contributed by atoms with van der Waals surface area (Å²) in [4.78, 5) is 68.7. The maximum absolute atomic E-state index is 15.3. The molecule has 1 saturated carbocycles. The van der Waals surface area contributed by atoms with Crippen molar-refractivity contribution in [1.29, 1.82) is 0 Å². The van der Waals surface area contributed by atoms with Crippen LogP contribution in [0.1, 0.15) is 99.4 Å². The highest BCUT2D eigenvalue weighted by molar-refractivity contribution is 6.04. The Hall–Kier alpha value is -5.42. The second-order valence-corrected chi connectivity index (χ2v) is 17.5. The highest BCUT2D eigenvalue weighted by atomic mass is 19.1. The molecule has 3 atom stereocenters. The van der Waals surface area contributed by atoms with Crippen LogP contribution in [0.5, 0.6) is 5.75 Å². The summed E-state index contributed by atoms with van der Waals surface area (Å²) < 4.78 is 36.3. The molecule has 332 valence electrons. The maximum Gasteiger partial charge on any atom is 0.251 e. The molecule has 1 unspecified atom stereocenters. The summed E-state index contributed by atoms with van der Waals surface area (Å²) in [7, 11) is 3.30. The third kappa shape index (κ3) is 8.65. The van der Waals surface area contributed by atoms with Gasteiger partial charge in [-0.2, -0.15) is 4.98 Å². The number of likely N-dealkylation sites (tertiary alicyclic amines) is 1. The summed E-state index contributed by atoms with van der Waals surface area (Å²) in [6.45, 7) is 5.39. The predicted octanol–water partition coefficient (Wildman–Crippen LogP) is 5.00. The second kappa shape index (κ2) is 18.1. The molecule has 4 aliphatic heterocycles. The number of ether oxygens (including phenoxy) is 1. The molecular weight excluding hydrogens is 801 g/mol. The molecule has 4 fully saturated rings. The van der Waals surface area contributed by atoms with Gasteiger partial charge in [-0.3, -0.25) is 24.5 Å². The quantitative estimate of drug-likeness (QED) is 0.170. The van der Waals surface area contributed by atoms with Gasteiger partial charge in [0.2, 0.25) is 23.7 Å². The minimum absolute atomic E-state index is 0.0356. The third-order valence-corrected chi connectivity index (χ3v) is 13.7. The van der Waals surface area contributed by atoms with E-state index in [9.17, 15) is 24.3 Å². The van der Waals surface area contributed by atoms with Gasteiger partial charge in [0.1, 0.15) is 29.1 Å². The molecule has 4 amide bonds. The Morgan fingerprint density at radius 2 is 1.77 bits per heavy atom. The third-order valence-electron chi connectivity index (χ3n) is 13.7. The summed E-state index contributed by atoms with van der Waals surface area (Å²) in [5.74, 6) is -2.19. The van der Waals surface area contributed by atoms with Crippen molar-refractivity contribution in [2.45, 2.75) is 101 Å². The summed E-state index contributed by atoms with van der Waals surface area (Å²) in [6, 6.07) is 7.67. The van der Waals surface area contributed by atoms with Gasteiger partial charge in [-0.25, -0.2) is 13.8 Å². The number of methoxy groups -OCH3 is 1. The van der Waals surface area contributed by atoms with Crippen LogP contribution in [0.25, 0.3) is 0 Å². The van der Waals surface area contributed by atoms with Crippen molar-refractivity contribution in [3.63, 3.8) is 0 Å². The van der Waals surface area contributed by atoms with E-state index in [1.807, 2.05) is 11.8 Å². The maximum atomic E-state index is 15.3. The van der Waals surface area contributed by atoms with E-state index in [0.29, 0.717) is 86.2 Å². The van der Waals surface area contributed by atoms with E-state index in [1.165, 1.54) is 19.2 Å². The number of likely N-dealkylation sites (N-methyl/N-ethyl adjacent to an activating group) is 1. The molecule has 15 nitrogen and oxygen atoms in total. The van der Waals surface area contributed by atoms with E-state index in [2.05, 4.69) is 30.7 Å². The van der Waals surface area contributed by atoms with E-state index < -0.39 is 34.9 Å². The molecule has 0 spiro atoms. The van der Waals surface area contributed by atoms with E-state index in [0.717, 1.165) is 44.5 Å². The van der Waals surface area contributed by atoms with Gasteiger partial charge in [-0.15, -0.1) is 0 Å². The Morgan fingerprint density at radius 1 is 1.03 bits per heavy atom. The molecule has 4 N–H and O–H groups in total. The molecule has 1 aromatic heterocycles. The second-order valence-electron chi connectivity index (χ2n) is 17.5. The zero-order chi connectivity index (χ0) is 43.7. The SMILES string of the molecule is CC[C@@H]1C(=O)N(C)c2cnc(Nc3ccc(C(=O)NC4(CCO)CCN(C[C@@H]5CCN(c6cc(F)c(C7CCC(=O)NC7=O)c(F)c6)C5)CC4)cc3OC)nc2N1C1CCCC1. The van der Waals surface area contributed by atoms with Gasteiger partial charge >= 0.3 is 0 Å². The molecule has 62 heavy (non-hydrogen) atoms. The van der Waals surface area contributed by atoms with E-state index >= 15 is 8.78 Å². The van der Waals surface area contributed by atoms with Crippen molar-refractivity contribution in [3.8, 4) is 5.75 Å². The highest BCUT2D eigenvalue weighted by Gasteiger charge is 2.42. The number of benzene rings is 2. The summed E-state index contributed by atoms with van der Waals surface area (Å²) in [6.07, 6.45) is 9.23. The topological polar surface area (TPSA) is 173 Å². The minimum Gasteiger partial charge on any atom is -0.495 e. The number of amides is 4. The van der Waals surface area contributed by atoms with Crippen LogP contribution < -0.4 is 35.4 Å². The number of nitrogens with zero attached hydrogens (tertiary/aromatic N) is 6. The van der Waals surface area contributed by atoms with Gasteiger partial charge in [0.15, 0.2) is 5.82 Å². The number of hydrogen-bond donors (Lipinski definition) is 4. The van der Waals surface area contributed by atoms with E-state index in [4.69, 9.17) is 9.72 Å². The van der Waals surface area contributed by atoms with Crippen LogP contribution in [-0.2, 0) is 14.4 Å². The average Bonchev–Trinajstić information content (AvgIpc) is 3.97. The normalized spacial score (nSPS) is 23.1. The molecule has 1 aliphatic carbocycles. The lowest BCUT2D eigenvalue weighted by molar-refractivity contribution is -0.134. The lowest BCUT2D eigenvalue weighted by atomic mass is 9.84. The number of rotatable bonds is 13. The van der Waals surface area contributed by atoms with Crippen LogP contribution in [0, 0.1) is 17.6 Å². The number of nitrogens with one attached hydrogen (secondary N) is 3. The molecule has 3 saturated heterocycles. The van der Waals surface area contributed by atoms with Crippen LogP contribution in [0.2, 0.25) is 0 Å². The molecule has 0 radical (unpaired) electrons. The summed E-state index contributed by atoms with van der Waals surface area (Å²) in [5.41, 5.74) is 1.17. The number of aliphatic hydroxyl groups is 1. The number of aliphatic hydroxyl groups excluding tert-OH is 1. The van der Waals surface area contributed by atoms with Crippen LogP contribution in [0.3, 0.4) is 0 Å². The van der Waals surface area contributed by atoms with Crippen molar-refractivity contribution < 1.29 is 37.8 Å². The van der Waals surface area contributed by atoms with Gasteiger partial charge in [-0.1, -0.05) is 19.8 Å². The Morgan fingerprint density at radius 3 is 2.45 bits per heavy atom. The molecule has 5 aliphatic rings. The Balaban J connectivity index is 0.882. The molecular formula is C45H57F2N9O6. The number of fused-ring (bicyclic) bond motifs is 1.